The van der Waals surface area contributed by atoms with E-state index in [0.717, 1.165) is 37.8 Å². The molecule has 3 amide bonds. The number of benzene rings is 2. The molecule has 0 fully saturated rings. The monoisotopic (exact) mass is 801 g/mol. The van der Waals surface area contributed by atoms with Gasteiger partial charge in [-0.3, -0.25) is 24.3 Å². The van der Waals surface area contributed by atoms with E-state index in [-0.39, 0.29) is 37.2 Å². The van der Waals surface area contributed by atoms with Crippen LogP contribution in [0.5, 0.6) is 11.6 Å². The Bertz CT molecular complexity index is 2190. The summed E-state index contributed by atoms with van der Waals surface area (Å²) >= 11 is 6.42. The van der Waals surface area contributed by atoms with E-state index in [9.17, 15) is 19.2 Å². The van der Waals surface area contributed by atoms with Gasteiger partial charge in [0.1, 0.15) is 31.3 Å². The van der Waals surface area contributed by atoms with Crippen molar-refractivity contribution in [1.29, 1.82) is 0 Å². The number of amides is 3. The average molecular weight is 802 g/mol. The Balaban J connectivity index is 0.778. The van der Waals surface area contributed by atoms with Gasteiger partial charge in [-0.25, -0.2) is 4.98 Å². The van der Waals surface area contributed by atoms with Crippen molar-refractivity contribution in [1.82, 2.24) is 24.8 Å². The predicted octanol–water partition coefficient (Wildman–Crippen LogP) is 4.66. The van der Waals surface area contributed by atoms with Crippen molar-refractivity contribution >= 4 is 57.4 Å². The molecule has 16 heteroatoms. The van der Waals surface area contributed by atoms with Crippen molar-refractivity contribution in [3.8, 4) is 22.8 Å². The predicted molar refractivity (Wildman–Crippen MR) is 211 cm³/mol. The standard InChI is InChI=1S/C41H44ClN5O10/c1-43-39(49)35(4-3-11-48)47-40(50)31-9-7-29(23-32(31)41(47)51)56-20-18-54-16-14-52-12-13-53-15-17-55-19-21-57-37-10-6-28(24-45-37)27-5-8-30-33-25-44-26-34(42)38(33)46(2)36(30)22-27/h5-11,22-26,35H,3-4,12-21H2,1-2H3,(H,43,49). The number of aryl methyl sites for hydroxylation is 1. The molecule has 1 aliphatic rings. The Hall–Kier alpha value is -5.45. The number of fused-ring (bicyclic) bond motifs is 4. The van der Waals surface area contributed by atoms with E-state index in [1.165, 1.54) is 19.2 Å². The number of ether oxygens (including phenoxy) is 6. The van der Waals surface area contributed by atoms with Crippen LogP contribution in [0, 0.1) is 0 Å². The van der Waals surface area contributed by atoms with Crippen LogP contribution in [0.25, 0.3) is 32.9 Å². The maximum absolute atomic E-state index is 13.1. The molecule has 3 aromatic heterocycles. The summed E-state index contributed by atoms with van der Waals surface area (Å²) in [6, 6.07) is 13.6. The van der Waals surface area contributed by atoms with Crippen molar-refractivity contribution in [2.45, 2.75) is 18.9 Å². The van der Waals surface area contributed by atoms with Crippen LogP contribution in [-0.4, -0.2) is 123 Å². The largest absolute Gasteiger partial charge is 0.491 e. The lowest BCUT2D eigenvalue weighted by Crippen LogP contribution is -2.48. The zero-order chi connectivity index (χ0) is 40.1. The number of halogens is 1. The minimum absolute atomic E-state index is 0.0337. The first-order valence-electron chi connectivity index (χ1n) is 18.5. The third-order valence-corrected chi connectivity index (χ3v) is 9.60. The summed E-state index contributed by atoms with van der Waals surface area (Å²) < 4.78 is 35.7. The molecule has 0 saturated heterocycles. The van der Waals surface area contributed by atoms with Gasteiger partial charge in [0.15, 0.2) is 0 Å². The number of nitrogens with one attached hydrogen (secondary N) is 1. The van der Waals surface area contributed by atoms with E-state index in [0.29, 0.717) is 75.8 Å². The number of aromatic nitrogens is 3. The highest BCUT2D eigenvalue weighted by molar-refractivity contribution is 6.36. The number of likely N-dealkylation sites (N-methyl/N-ethyl adjacent to an activating group) is 1. The molecule has 0 aliphatic carbocycles. The Morgan fingerprint density at radius 2 is 1.42 bits per heavy atom. The lowest BCUT2D eigenvalue weighted by molar-refractivity contribution is -0.124. The second-order valence-corrected chi connectivity index (χ2v) is 13.3. The van der Waals surface area contributed by atoms with Crippen LogP contribution in [0.1, 0.15) is 33.6 Å². The van der Waals surface area contributed by atoms with E-state index >= 15 is 0 Å². The van der Waals surface area contributed by atoms with Crippen molar-refractivity contribution < 1.29 is 47.6 Å². The molecule has 2 aromatic carbocycles. The van der Waals surface area contributed by atoms with Crippen molar-refractivity contribution in [2.24, 2.45) is 7.05 Å². The van der Waals surface area contributed by atoms with Crippen LogP contribution in [0.15, 0.2) is 67.1 Å². The summed E-state index contributed by atoms with van der Waals surface area (Å²) in [7, 11) is 3.41. The number of nitrogens with zero attached hydrogens (tertiary/aromatic N) is 4. The summed E-state index contributed by atoms with van der Waals surface area (Å²) in [4.78, 5) is 58.8. The Kier molecular flexibility index (Phi) is 14.5. The summed E-state index contributed by atoms with van der Waals surface area (Å²) in [5.74, 6) is -0.810. The molecule has 1 atom stereocenters. The van der Waals surface area contributed by atoms with Crippen LogP contribution in [0.4, 0.5) is 0 Å². The highest BCUT2D eigenvalue weighted by Crippen LogP contribution is 2.34. The third kappa shape index (κ3) is 9.93. The van der Waals surface area contributed by atoms with Gasteiger partial charge < -0.3 is 43.1 Å². The summed E-state index contributed by atoms with van der Waals surface area (Å²) in [6.45, 7) is 3.62. The van der Waals surface area contributed by atoms with Gasteiger partial charge in [-0.15, -0.1) is 0 Å². The zero-order valence-electron chi connectivity index (χ0n) is 31.7. The maximum atomic E-state index is 13.1. The van der Waals surface area contributed by atoms with E-state index in [1.807, 2.05) is 25.4 Å². The van der Waals surface area contributed by atoms with Crippen LogP contribution in [0.3, 0.4) is 0 Å². The van der Waals surface area contributed by atoms with Gasteiger partial charge in [0.05, 0.1) is 74.5 Å². The van der Waals surface area contributed by atoms with Crippen molar-refractivity contribution in [3.05, 3.63) is 83.3 Å². The van der Waals surface area contributed by atoms with Gasteiger partial charge in [-0.2, -0.15) is 0 Å². The molecule has 1 aliphatic heterocycles. The molecule has 0 spiro atoms. The van der Waals surface area contributed by atoms with Gasteiger partial charge in [-0.1, -0.05) is 23.7 Å². The highest BCUT2D eigenvalue weighted by Gasteiger charge is 2.42. The molecule has 1 N–H and O–H groups in total. The van der Waals surface area contributed by atoms with Gasteiger partial charge in [0.25, 0.3) is 11.8 Å². The number of hydrogen-bond acceptors (Lipinski definition) is 12. The summed E-state index contributed by atoms with van der Waals surface area (Å²) in [5.41, 5.74) is 4.35. The number of hydrogen-bond donors (Lipinski definition) is 1. The third-order valence-electron chi connectivity index (χ3n) is 9.33. The quantitative estimate of drug-likeness (QED) is 0.0552. The molecular formula is C41H44ClN5O10. The molecule has 6 rings (SSSR count). The number of rotatable bonds is 23. The SMILES string of the molecule is CNC(=O)C(CCC=O)N1C(=O)c2ccc(OCCOCCOCCOCCOCCOc3ccc(-c4ccc5c6cncc(Cl)c6n(C)c5c4)cn3)cc2C1=O. The van der Waals surface area contributed by atoms with Crippen LogP contribution in [-0.2, 0) is 35.6 Å². The number of carbonyl (C=O) groups excluding carboxylic acids is 4. The molecule has 300 valence electrons. The fraction of sp³-hybridized carbons (Fsp3) is 0.366. The second kappa shape index (κ2) is 20.1. The van der Waals surface area contributed by atoms with Gasteiger partial charge >= 0.3 is 0 Å². The fourth-order valence-electron chi connectivity index (χ4n) is 6.51. The van der Waals surface area contributed by atoms with Crippen molar-refractivity contribution in [2.75, 3.05) is 73.1 Å². The lowest BCUT2D eigenvalue weighted by atomic mass is 10.1. The first kappa shape index (κ1) is 41.2. The number of aldehydes is 1. The number of carbonyl (C=O) groups is 4. The topological polar surface area (TPSA) is 170 Å². The first-order valence-corrected chi connectivity index (χ1v) is 18.9. The second-order valence-electron chi connectivity index (χ2n) is 12.9. The number of pyridine rings is 2. The zero-order valence-corrected chi connectivity index (χ0v) is 32.5. The van der Waals surface area contributed by atoms with Crippen LogP contribution >= 0.6 is 11.6 Å². The lowest BCUT2D eigenvalue weighted by Gasteiger charge is -2.24. The number of imide groups is 1. The smallest absolute Gasteiger partial charge is 0.262 e. The van der Waals surface area contributed by atoms with Gasteiger partial charge in [0.2, 0.25) is 11.8 Å². The van der Waals surface area contributed by atoms with Gasteiger partial charge in [-0.05, 0) is 42.3 Å². The highest BCUT2D eigenvalue weighted by atomic mass is 35.5. The maximum Gasteiger partial charge on any atom is 0.262 e. The van der Waals surface area contributed by atoms with E-state index in [1.54, 1.807) is 18.5 Å². The van der Waals surface area contributed by atoms with E-state index in [4.69, 9.17) is 40.0 Å². The van der Waals surface area contributed by atoms with Crippen LogP contribution in [0.2, 0.25) is 5.02 Å². The fourth-order valence-corrected chi connectivity index (χ4v) is 6.79. The molecule has 0 bridgehead atoms. The Labute approximate surface area is 334 Å². The molecule has 0 saturated carbocycles. The average Bonchev–Trinajstić information content (AvgIpc) is 3.66. The Morgan fingerprint density at radius 1 is 0.772 bits per heavy atom. The molecule has 4 heterocycles. The molecule has 1 unspecified atom stereocenters. The van der Waals surface area contributed by atoms with Crippen molar-refractivity contribution in [3.63, 3.8) is 0 Å². The Morgan fingerprint density at radius 3 is 2.07 bits per heavy atom. The molecule has 5 aromatic rings. The first-order chi connectivity index (χ1) is 27.8. The van der Waals surface area contributed by atoms with Crippen LogP contribution < -0.4 is 14.8 Å². The summed E-state index contributed by atoms with van der Waals surface area (Å²) in [6.07, 6.45) is 6.01. The molecular weight excluding hydrogens is 758 g/mol. The van der Waals surface area contributed by atoms with E-state index in [2.05, 4.69) is 38.1 Å². The minimum atomic E-state index is -1.08. The summed E-state index contributed by atoms with van der Waals surface area (Å²) in [5, 5.41) is 5.18. The molecule has 15 nitrogen and oxygen atoms in total. The molecule has 57 heavy (non-hydrogen) atoms. The van der Waals surface area contributed by atoms with Gasteiger partial charge in [0, 0.05) is 67.0 Å². The minimum Gasteiger partial charge on any atom is -0.491 e. The normalized spacial score (nSPS) is 13.0. The van der Waals surface area contributed by atoms with E-state index < -0.39 is 23.8 Å². The molecule has 0 radical (unpaired) electrons.